The Kier molecular flexibility index (Phi) is 6.40. The van der Waals surface area contributed by atoms with Gasteiger partial charge in [0.15, 0.2) is 0 Å². The zero-order valence-electron chi connectivity index (χ0n) is 17.4. The number of fused-ring (bicyclic) bond motifs is 1. The SMILES string of the molecule is CS(=O)(=O)N1CCCC(NC(=O)c2c(NC(=O)c3cccnc3)sc3c2CCCC3)C1. The van der Waals surface area contributed by atoms with E-state index in [1.54, 1.807) is 18.3 Å². The number of thiophene rings is 1. The summed E-state index contributed by atoms with van der Waals surface area (Å²) in [6.45, 7) is 0.750. The summed E-state index contributed by atoms with van der Waals surface area (Å²) in [5.41, 5.74) is 1.95. The fourth-order valence-electron chi connectivity index (χ4n) is 4.19. The van der Waals surface area contributed by atoms with Crippen molar-refractivity contribution in [1.82, 2.24) is 14.6 Å². The lowest BCUT2D eigenvalue weighted by Gasteiger charge is -2.31. The van der Waals surface area contributed by atoms with Crippen LogP contribution in [0.1, 0.15) is 56.8 Å². The van der Waals surface area contributed by atoms with Crippen molar-refractivity contribution in [3.05, 3.63) is 46.1 Å². The largest absolute Gasteiger partial charge is 0.348 e. The lowest BCUT2D eigenvalue weighted by atomic mass is 9.95. The van der Waals surface area contributed by atoms with Gasteiger partial charge in [0.1, 0.15) is 5.00 Å². The van der Waals surface area contributed by atoms with Crippen molar-refractivity contribution in [2.45, 2.75) is 44.6 Å². The van der Waals surface area contributed by atoms with Gasteiger partial charge in [-0.2, -0.15) is 0 Å². The van der Waals surface area contributed by atoms with E-state index < -0.39 is 10.0 Å². The Morgan fingerprint density at radius 1 is 1.19 bits per heavy atom. The molecule has 2 aliphatic rings. The lowest BCUT2D eigenvalue weighted by molar-refractivity contribution is 0.0921. The van der Waals surface area contributed by atoms with Crippen LogP contribution in [0.4, 0.5) is 5.00 Å². The molecular formula is C21H26N4O4S2. The van der Waals surface area contributed by atoms with Gasteiger partial charge in [-0.3, -0.25) is 14.6 Å². The highest BCUT2D eigenvalue weighted by molar-refractivity contribution is 7.88. The van der Waals surface area contributed by atoms with Crippen LogP contribution in [-0.2, 0) is 22.9 Å². The minimum Gasteiger partial charge on any atom is -0.348 e. The molecule has 2 aromatic rings. The molecule has 2 N–H and O–H groups in total. The summed E-state index contributed by atoms with van der Waals surface area (Å²) < 4.78 is 25.2. The minimum atomic E-state index is -3.30. The molecule has 1 unspecified atom stereocenters. The molecule has 1 aliphatic heterocycles. The molecule has 0 spiro atoms. The van der Waals surface area contributed by atoms with Gasteiger partial charge in [0.2, 0.25) is 10.0 Å². The second-order valence-electron chi connectivity index (χ2n) is 8.04. The van der Waals surface area contributed by atoms with Gasteiger partial charge in [-0.15, -0.1) is 11.3 Å². The van der Waals surface area contributed by atoms with E-state index in [0.29, 0.717) is 29.1 Å². The molecule has 1 aliphatic carbocycles. The zero-order chi connectivity index (χ0) is 22.0. The van der Waals surface area contributed by atoms with Crippen LogP contribution in [-0.4, -0.2) is 54.9 Å². The maximum atomic E-state index is 13.3. The summed E-state index contributed by atoms with van der Waals surface area (Å²) in [6, 6.07) is 3.12. The summed E-state index contributed by atoms with van der Waals surface area (Å²) in [5.74, 6) is -0.553. The minimum absolute atomic E-state index is 0.249. The van der Waals surface area contributed by atoms with Crippen molar-refractivity contribution >= 4 is 38.2 Å². The first-order chi connectivity index (χ1) is 14.8. The Morgan fingerprint density at radius 2 is 2.00 bits per heavy atom. The molecule has 1 fully saturated rings. The number of hydrogen-bond donors (Lipinski definition) is 2. The first-order valence-electron chi connectivity index (χ1n) is 10.4. The fraction of sp³-hybridized carbons (Fsp3) is 0.476. The van der Waals surface area contributed by atoms with E-state index in [0.717, 1.165) is 42.5 Å². The number of piperidine rings is 1. The molecule has 2 amide bonds. The molecule has 4 rings (SSSR count). The van der Waals surface area contributed by atoms with Crippen molar-refractivity contribution in [2.75, 3.05) is 24.7 Å². The van der Waals surface area contributed by atoms with E-state index in [2.05, 4.69) is 15.6 Å². The van der Waals surface area contributed by atoms with Crippen molar-refractivity contribution < 1.29 is 18.0 Å². The van der Waals surface area contributed by atoms with Gasteiger partial charge in [-0.05, 0) is 56.2 Å². The van der Waals surface area contributed by atoms with Gasteiger partial charge in [0.05, 0.1) is 17.4 Å². The van der Waals surface area contributed by atoms with Gasteiger partial charge in [0.25, 0.3) is 11.8 Å². The number of rotatable bonds is 5. The standard InChI is InChI=1S/C21H26N4O4S2/c1-31(28,29)25-11-5-7-15(13-25)23-20(27)18-16-8-2-3-9-17(16)30-21(18)24-19(26)14-6-4-10-22-12-14/h4,6,10,12,15H,2-3,5,7-9,11,13H2,1H3,(H,23,27)(H,24,26). The first kappa shape index (κ1) is 21.9. The highest BCUT2D eigenvalue weighted by atomic mass is 32.2. The molecule has 0 aromatic carbocycles. The number of nitrogens with one attached hydrogen (secondary N) is 2. The van der Waals surface area contributed by atoms with Gasteiger partial charge in [-0.25, -0.2) is 12.7 Å². The summed E-state index contributed by atoms with van der Waals surface area (Å²) in [4.78, 5) is 31.1. The average Bonchev–Trinajstić information content (AvgIpc) is 3.12. The van der Waals surface area contributed by atoms with Crippen LogP contribution in [0, 0.1) is 0 Å². The van der Waals surface area contributed by atoms with Crippen LogP contribution in [0.15, 0.2) is 24.5 Å². The molecule has 1 atom stereocenters. The number of hydrogen-bond acceptors (Lipinski definition) is 6. The molecule has 1 saturated heterocycles. The van der Waals surface area contributed by atoms with E-state index >= 15 is 0 Å². The number of carbonyl (C=O) groups is 2. The third kappa shape index (κ3) is 4.97. The van der Waals surface area contributed by atoms with E-state index in [4.69, 9.17) is 0 Å². The Balaban J connectivity index is 1.57. The molecule has 166 valence electrons. The van der Waals surface area contributed by atoms with Crippen LogP contribution in [0.25, 0.3) is 0 Å². The van der Waals surface area contributed by atoms with Crippen LogP contribution in [0.3, 0.4) is 0 Å². The second kappa shape index (κ2) is 9.05. The number of pyridine rings is 1. The molecule has 0 radical (unpaired) electrons. The van der Waals surface area contributed by atoms with E-state index in [9.17, 15) is 18.0 Å². The smallest absolute Gasteiger partial charge is 0.257 e. The van der Waals surface area contributed by atoms with Gasteiger partial charge in [0, 0.05) is 36.4 Å². The molecular weight excluding hydrogens is 436 g/mol. The van der Waals surface area contributed by atoms with Crippen molar-refractivity contribution in [3.63, 3.8) is 0 Å². The van der Waals surface area contributed by atoms with E-state index in [-0.39, 0.29) is 24.4 Å². The average molecular weight is 463 g/mol. The Hall–Kier alpha value is -2.30. The maximum Gasteiger partial charge on any atom is 0.257 e. The summed E-state index contributed by atoms with van der Waals surface area (Å²) >= 11 is 1.46. The van der Waals surface area contributed by atoms with Crippen LogP contribution in [0.2, 0.25) is 0 Å². The molecule has 31 heavy (non-hydrogen) atoms. The molecule has 3 heterocycles. The predicted octanol–water partition coefficient (Wildman–Crippen LogP) is 2.43. The summed E-state index contributed by atoms with van der Waals surface area (Å²) in [5, 5.41) is 6.48. The van der Waals surface area contributed by atoms with Gasteiger partial charge in [-0.1, -0.05) is 0 Å². The number of amides is 2. The van der Waals surface area contributed by atoms with Crippen LogP contribution in [0.5, 0.6) is 0 Å². The number of anilines is 1. The van der Waals surface area contributed by atoms with Crippen molar-refractivity contribution in [1.29, 1.82) is 0 Å². The molecule has 2 aromatic heterocycles. The molecule has 0 bridgehead atoms. The summed E-state index contributed by atoms with van der Waals surface area (Å²) in [7, 11) is -3.30. The summed E-state index contributed by atoms with van der Waals surface area (Å²) in [6.07, 6.45) is 9.48. The predicted molar refractivity (Wildman–Crippen MR) is 120 cm³/mol. The van der Waals surface area contributed by atoms with Gasteiger partial charge < -0.3 is 10.6 Å². The number of aromatic nitrogens is 1. The highest BCUT2D eigenvalue weighted by Crippen LogP contribution is 2.38. The first-order valence-corrected chi connectivity index (χ1v) is 13.1. The molecule has 10 heteroatoms. The number of carbonyl (C=O) groups excluding carboxylic acids is 2. The second-order valence-corrected chi connectivity index (χ2v) is 11.1. The Bertz CT molecular complexity index is 1080. The monoisotopic (exact) mass is 462 g/mol. The lowest BCUT2D eigenvalue weighted by Crippen LogP contribution is -2.49. The normalized spacial score (nSPS) is 19.5. The number of aryl methyl sites for hydroxylation is 1. The topological polar surface area (TPSA) is 108 Å². The number of sulfonamides is 1. The third-order valence-electron chi connectivity index (χ3n) is 5.74. The third-order valence-corrected chi connectivity index (χ3v) is 8.21. The molecule has 8 nitrogen and oxygen atoms in total. The fourth-order valence-corrected chi connectivity index (χ4v) is 6.38. The van der Waals surface area contributed by atoms with Crippen LogP contribution >= 0.6 is 11.3 Å². The zero-order valence-corrected chi connectivity index (χ0v) is 19.0. The van der Waals surface area contributed by atoms with Crippen molar-refractivity contribution in [3.8, 4) is 0 Å². The van der Waals surface area contributed by atoms with Gasteiger partial charge >= 0.3 is 0 Å². The van der Waals surface area contributed by atoms with Crippen LogP contribution < -0.4 is 10.6 Å². The van der Waals surface area contributed by atoms with Crippen molar-refractivity contribution in [2.24, 2.45) is 0 Å². The maximum absolute atomic E-state index is 13.3. The number of nitrogens with zero attached hydrogens (tertiary/aromatic N) is 2. The Morgan fingerprint density at radius 3 is 2.74 bits per heavy atom. The van der Waals surface area contributed by atoms with E-state index in [1.165, 1.54) is 28.1 Å². The highest BCUT2D eigenvalue weighted by Gasteiger charge is 2.31. The quantitative estimate of drug-likeness (QED) is 0.709. The van der Waals surface area contributed by atoms with E-state index in [1.807, 2.05) is 0 Å². The molecule has 0 saturated carbocycles. The Labute approximate surface area is 186 Å².